The Labute approximate surface area is 55.4 Å². The van der Waals surface area contributed by atoms with Gasteiger partial charge in [0.25, 0.3) is 0 Å². The number of thioether (sulfide) groups is 1. The lowest BCUT2D eigenvalue weighted by Crippen LogP contribution is -1.87. The maximum atomic E-state index is 2.38. The molecule has 0 heterocycles. The molecule has 0 saturated heterocycles. The molecule has 0 nitrogen and oxygen atoms in total. The van der Waals surface area contributed by atoms with Crippen LogP contribution in [0.1, 0.15) is 19.8 Å². The lowest BCUT2D eigenvalue weighted by Gasteiger charge is -1.97. The molecule has 1 unspecified atom stereocenters. The van der Waals surface area contributed by atoms with E-state index in [0.29, 0.717) is 0 Å². The Morgan fingerprint density at radius 1 is 1.75 bits per heavy atom. The Morgan fingerprint density at radius 3 is 2.75 bits per heavy atom. The van der Waals surface area contributed by atoms with Crippen LogP contribution in [0, 0.1) is 0 Å². The van der Waals surface area contributed by atoms with E-state index in [2.05, 4.69) is 19.3 Å². The molecule has 1 aliphatic rings. The molecular formula is C7H12S. The maximum absolute atomic E-state index is 2.38. The normalized spacial score (nSPS) is 28.2. The van der Waals surface area contributed by atoms with Crippen molar-refractivity contribution < 1.29 is 0 Å². The topological polar surface area (TPSA) is 0 Å². The van der Waals surface area contributed by atoms with Gasteiger partial charge in [-0.1, -0.05) is 11.6 Å². The summed E-state index contributed by atoms with van der Waals surface area (Å²) in [6, 6.07) is 0. The lowest BCUT2D eigenvalue weighted by molar-refractivity contribution is 0.920. The molecule has 0 bridgehead atoms. The SMILES string of the molecule is CSC1C=C(C)CC1. The summed E-state index contributed by atoms with van der Waals surface area (Å²) in [6.07, 6.45) is 7.25. The van der Waals surface area contributed by atoms with Gasteiger partial charge >= 0.3 is 0 Å². The number of allylic oxidation sites excluding steroid dienone is 1. The molecule has 0 aromatic rings. The summed E-state index contributed by atoms with van der Waals surface area (Å²) in [6.45, 7) is 2.22. The van der Waals surface area contributed by atoms with Crippen molar-refractivity contribution in [1.82, 2.24) is 0 Å². The van der Waals surface area contributed by atoms with Crippen molar-refractivity contribution >= 4 is 11.8 Å². The monoisotopic (exact) mass is 128 g/mol. The zero-order valence-corrected chi connectivity index (χ0v) is 6.29. The third-order valence-corrected chi connectivity index (χ3v) is 2.57. The summed E-state index contributed by atoms with van der Waals surface area (Å²) < 4.78 is 0. The highest BCUT2D eigenvalue weighted by atomic mass is 32.2. The van der Waals surface area contributed by atoms with E-state index in [0.717, 1.165) is 5.25 Å². The lowest BCUT2D eigenvalue weighted by atomic mass is 10.3. The molecule has 1 atom stereocenters. The van der Waals surface area contributed by atoms with E-state index in [1.807, 2.05) is 11.8 Å². The first-order valence-corrected chi connectivity index (χ1v) is 4.32. The molecule has 0 aromatic heterocycles. The highest BCUT2D eigenvalue weighted by molar-refractivity contribution is 7.99. The molecule has 0 saturated carbocycles. The second kappa shape index (κ2) is 2.58. The van der Waals surface area contributed by atoms with Crippen LogP contribution >= 0.6 is 11.8 Å². The molecule has 0 fully saturated rings. The summed E-state index contributed by atoms with van der Waals surface area (Å²) >= 11 is 1.96. The second-order valence-corrected chi connectivity index (χ2v) is 3.40. The Balaban J connectivity index is 2.41. The van der Waals surface area contributed by atoms with Crippen molar-refractivity contribution in [2.45, 2.75) is 25.0 Å². The van der Waals surface area contributed by atoms with E-state index in [9.17, 15) is 0 Å². The maximum Gasteiger partial charge on any atom is 0.0229 e. The molecule has 0 spiro atoms. The van der Waals surface area contributed by atoms with E-state index < -0.39 is 0 Å². The molecule has 1 aliphatic carbocycles. The van der Waals surface area contributed by atoms with Gasteiger partial charge in [0.15, 0.2) is 0 Å². The minimum absolute atomic E-state index is 0.829. The van der Waals surface area contributed by atoms with Gasteiger partial charge in [0.1, 0.15) is 0 Å². The van der Waals surface area contributed by atoms with Crippen LogP contribution in [0.4, 0.5) is 0 Å². The third-order valence-electron chi connectivity index (χ3n) is 1.60. The van der Waals surface area contributed by atoms with E-state index >= 15 is 0 Å². The van der Waals surface area contributed by atoms with Crippen molar-refractivity contribution in [2.24, 2.45) is 0 Å². The zero-order chi connectivity index (χ0) is 5.98. The summed E-state index contributed by atoms with van der Waals surface area (Å²) in [5.74, 6) is 0. The minimum atomic E-state index is 0.829. The Kier molecular flexibility index (Phi) is 2.01. The largest absolute Gasteiger partial charge is 0.158 e. The predicted molar refractivity (Wildman–Crippen MR) is 40.3 cm³/mol. The van der Waals surface area contributed by atoms with Crippen molar-refractivity contribution in [3.63, 3.8) is 0 Å². The van der Waals surface area contributed by atoms with Gasteiger partial charge in [0.2, 0.25) is 0 Å². The van der Waals surface area contributed by atoms with Crippen LogP contribution in [0.25, 0.3) is 0 Å². The van der Waals surface area contributed by atoms with E-state index in [1.165, 1.54) is 12.8 Å². The molecule has 0 aliphatic heterocycles. The first-order valence-electron chi connectivity index (χ1n) is 3.03. The van der Waals surface area contributed by atoms with Crippen LogP contribution in [0.15, 0.2) is 11.6 Å². The molecule has 8 heavy (non-hydrogen) atoms. The van der Waals surface area contributed by atoms with Gasteiger partial charge in [-0.25, -0.2) is 0 Å². The van der Waals surface area contributed by atoms with Crippen LogP contribution in [0.2, 0.25) is 0 Å². The molecule has 0 N–H and O–H groups in total. The van der Waals surface area contributed by atoms with Crippen molar-refractivity contribution in [3.05, 3.63) is 11.6 Å². The average molecular weight is 128 g/mol. The van der Waals surface area contributed by atoms with Crippen molar-refractivity contribution in [2.75, 3.05) is 6.26 Å². The van der Waals surface area contributed by atoms with Gasteiger partial charge in [-0.3, -0.25) is 0 Å². The first-order chi connectivity index (χ1) is 3.83. The number of rotatable bonds is 1. The van der Waals surface area contributed by atoms with E-state index in [-0.39, 0.29) is 0 Å². The van der Waals surface area contributed by atoms with Crippen molar-refractivity contribution in [3.8, 4) is 0 Å². The fraction of sp³-hybridized carbons (Fsp3) is 0.714. The highest BCUT2D eigenvalue weighted by Crippen LogP contribution is 2.25. The molecule has 1 heteroatoms. The summed E-state index contributed by atoms with van der Waals surface area (Å²) in [5, 5.41) is 0.829. The van der Waals surface area contributed by atoms with Crippen LogP contribution in [0.3, 0.4) is 0 Å². The number of hydrogen-bond donors (Lipinski definition) is 0. The summed E-state index contributed by atoms with van der Waals surface area (Å²) in [5.41, 5.74) is 1.57. The zero-order valence-electron chi connectivity index (χ0n) is 5.48. The molecule has 0 radical (unpaired) electrons. The second-order valence-electron chi connectivity index (χ2n) is 2.33. The number of hydrogen-bond acceptors (Lipinski definition) is 1. The fourth-order valence-electron chi connectivity index (χ4n) is 1.04. The highest BCUT2D eigenvalue weighted by Gasteiger charge is 2.09. The fourth-order valence-corrected chi connectivity index (χ4v) is 1.76. The summed E-state index contributed by atoms with van der Waals surface area (Å²) in [4.78, 5) is 0. The van der Waals surface area contributed by atoms with Gasteiger partial charge in [0, 0.05) is 5.25 Å². The minimum Gasteiger partial charge on any atom is -0.158 e. The van der Waals surface area contributed by atoms with Crippen LogP contribution in [0.5, 0.6) is 0 Å². The molecule has 46 valence electrons. The van der Waals surface area contributed by atoms with Crippen molar-refractivity contribution in [1.29, 1.82) is 0 Å². The molecular weight excluding hydrogens is 116 g/mol. The van der Waals surface area contributed by atoms with E-state index in [4.69, 9.17) is 0 Å². The third kappa shape index (κ3) is 1.28. The van der Waals surface area contributed by atoms with Gasteiger partial charge in [-0.2, -0.15) is 11.8 Å². The molecule has 1 rings (SSSR count). The first kappa shape index (κ1) is 6.21. The van der Waals surface area contributed by atoms with E-state index in [1.54, 1.807) is 5.57 Å². The van der Waals surface area contributed by atoms with Gasteiger partial charge < -0.3 is 0 Å². The Hall–Kier alpha value is 0.0900. The van der Waals surface area contributed by atoms with Gasteiger partial charge in [-0.05, 0) is 26.0 Å². The van der Waals surface area contributed by atoms with Crippen LogP contribution < -0.4 is 0 Å². The predicted octanol–water partition coefficient (Wildman–Crippen LogP) is 2.46. The summed E-state index contributed by atoms with van der Waals surface area (Å²) in [7, 11) is 0. The van der Waals surface area contributed by atoms with Crippen LogP contribution in [-0.2, 0) is 0 Å². The Morgan fingerprint density at radius 2 is 2.50 bits per heavy atom. The Bertz CT molecular complexity index is 105. The standard InChI is InChI=1S/C7H12S/c1-6-3-4-7(5-6)8-2/h5,7H,3-4H2,1-2H3. The molecule has 0 aromatic carbocycles. The van der Waals surface area contributed by atoms with Gasteiger partial charge in [0.05, 0.1) is 0 Å². The smallest absolute Gasteiger partial charge is 0.0229 e. The average Bonchev–Trinajstić information content (AvgIpc) is 2.14. The van der Waals surface area contributed by atoms with Gasteiger partial charge in [-0.15, -0.1) is 0 Å². The quantitative estimate of drug-likeness (QED) is 0.489. The molecule has 0 amide bonds. The van der Waals surface area contributed by atoms with Crippen LogP contribution in [-0.4, -0.2) is 11.5 Å².